The molecule has 0 saturated heterocycles. The van der Waals surface area contributed by atoms with Gasteiger partial charge in [-0.25, -0.2) is 0 Å². The van der Waals surface area contributed by atoms with E-state index in [-0.39, 0.29) is 6.04 Å². The van der Waals surface area contributed by atoms with Crippen LogP contribution in [0.4, 0.5) is 0 Å². The van der Waals surface area contributed by atoms with E-state index in [2.05, 4.69) is 35.8 Å². The van der Waals surface area contributed by atoms with Crippen LogP contribution in [0.1, 0.15) is 23.8 Å². The van der Waals surface area contributed by atoms with Gasteiger partial charge in [-0.1, -0.05) is 11.8 Å². The van der Waals surface area contributed by atoms with Crippen molar-refractivity contribution >= 4 is 11.3 Å². The first-order chi connectivity index (χ1) is 8.17. The third-order valence-electron chi connectivity index (χ3n) is 2.53. The molecule has 0 aliphatic heterocycles. The number of hydrogen-bond acceptors (Lipinski definition) is 4. The average Bonchev–Trinajstić information content (AvgIpc) is 2.74. The van der Waals surface area contributed by atoms with E-state index in [0.29, 0.717) is 13.0 Å². The largest absolute Gasteiger partial charge is 0.320 e. The highest BCUT2D eigenvalue weighted by Crippen LogP contribution is 2.17. The Morgan fingerprint density at radius 1 is 1.59 bits per heavy atom. The van der Waals surface area contributed by atoms with Gasteiger partial charge in [0, 0.05) is 28.4 Å². The molecule has 90 valence electrons. The van der Waals surface area contributed by atoms with Crippen molar-refractivity contribution in [3.8, 4) is 17.9 Å². The Hall–Kier alpha value is -1.33. The minimum Gasteiger partial charge on any atom is -0.320 e. The Morgan fingerprint density at radius 2 is 2.35 bits per heavy atom. The first-order valence-electron chi connectivity index (χ1n) is 5.51. The van der Waals surface area contributed by atoms with E-state index in [4.69, 9.17) is 11.0 Å². The molecule has 1 unspecified atom stereocenters. The molecule has 0 fully saturated rings. The molecule has 0 radical (unpaired) electrons. The number of nitrogens with two attached hydrogens (primary N) is 1. The van der Waals surface area contributed by atoms with Crippen LogP contribution in [0, 0.1) is 23.2 Å². The second-order valence-electron chi connectivity index (χ2n) is 3.93. The van der Waals surface area contributed by atoms with E-state index in [1.165, 1.54) is 4.88 Å². The summed E-state index contributed by atoms with van der Waals surface area (Å²) < 4.78 is 0. The second kappa shape index (κ2) is 7.09. The van der Waals surface area contributed by atoms with Crippen LogP contribution < -0.4 is 5.73 Å². The van der Waals surface area contributed by atoms with Gasteiger partial charge in [-0.3, -0.25) is 4.90 Å². The minimum atomic E-state index is 0.278. The summed E-state index contributed by atoms with van der Waals surface area (Å²) in [6.07, 6.45) is 0.557. The SMILES string of the molecule is CC(CC#N)N(C)Cc1cc(C#CCN)cs1. The van der Waals surface area contributed by atoms with Gasteiger partial charge in [0.2, 0.25) is 0 Å². The number of nitriles is 1. The lowest BCUT2D eigenvalue weighted by molar-refractivity contribution is 0.254. The number of thiophene rings is 1. The third-order valence-corrected chi connectivity index (χ3v) is 3.45. The molecular formula is C13H17N3S. The molecule has 0 aliphatic rings. The highest BCUT2D eigenvalue weighted by molar-refractivity contribution is 7.10. The molecule has 1 aromatic rings. The molecule has 0 saturated carbocycles. The summed E-state index contributed by atoms with van der Waals surface area (Å²) >= 11 is 1.70. The number of hydrogen-bond donors (Lipinski definition) is 1. The molecule has 0 aromatic carbocycles. The summed E-state index contributed by atoms with van der Waals surface area (Å²) in [5.74, 6) is 5.86. The fourth-order valence-corrected chi connectivity index (χ4v) is 2.25. The maximum atomic E-state index is 8.65. The fourth-order valence-electron chi connectivity index (χ4n) is 1.37. The number of rotatable bonds is 4. The van der Waals surface area contributed by atoms with Crippen LogP contribution in [0.15, 0.2) is 11.4 Å². The van der Waals surface area contributed by atoms with E-state index in [1.807, 2.05) is 12.4 Å². The standard InChI is InChI=1S/C13H17N3S/c1-11(5-7-15)16(2)9-13-8-12(10-17-13)4-3-6-14/h8,10-11H,5-6,9,14H2,1-2H3. The van der Waals surface area contributed by atoms with Crippen LogP contribution in [0.25, 0.3) is 0 Å². The second-order valence-corrected chi connectivity index (χ2v) is 4.93. The van der Waals surface area contributed by atoms with Gasteiger partial charge in [0.05, 0.1) is 19.0 Å². The molecule has 0 spiro atoms. The molecule has 0 aliphatic carbocycles. The molecule has 0 bridgehead atoms. The average molecular weight is 247 g/mol. The minimum absolute atomic E-state index is 0.278. The zero-order valence-corrected chi connectivity index (χ0v) is 11.0. The van der Waals surface area contributed by atoms with E-state index in [1.54, 1.807) is 11.3 Å². The lowest BCUT2D eigenvalue weighted by Crippen LogP contribution is -2.27. The lowest BCUT2D eigenvalue weighted by atomic mass is 10.2. The molecule has 1 aromatic heterocycles. The van der Waals surface area contributed by atoms with Crippen LogP contribution in [-0.2, 0) is 6.54 Å². The van der Waals surface area contributed by atoms with Gasteiger partial charge in [-0.15, -0.1) is 11.3 Å². The first-order valence-corrected chi connectivity index (χ1v) is 6.39. The van der Waals surface area contributed by atoms with Crippen molar-refractivity contribution in [3.05, 3.63) is 21.9 Å². The molecule has 0 amide bonds. The van der Waals surface area contributed by atoms with Crippen molar-refractivity contribution in [2.45, 2.75) is 25.9 Å². The topological polar surface area (TPSA) is 53.0 Å². The Bertz CT molecular complexity index is 447. The van der Waals surface area contributed by atoms with E-state index < -0.39 is 0 Å². The van der Waals surface area contributed by atoms with Gasteiger partial charge >= 0.3 is 0 Å². The van der Waals surface area contributed by atoms with Gasteiger partial charge in [-0.05, 0) is 20.0 Å². The van der Waals surface area contributed by atoms with E-state index in [9.17, 15) is 0 Å². The Kier molecular flexibility index (Phi) is 5.72. The van der Waals surface area contributed by atoms with Crippen molar-refractivity contribution in [2.24, 2.45) is 5.73 Å². The fraction of sp³-hybridized carbons (Fsp3) is 0.462. The van der Waals surface area contributed by atoms with Crippen LogP contribution in [0.2, 0.25) is 0 Å². The normalized spacial score (nSPS) is 11.7. The number of nitrogens with zero attached hydrogens (tertiary/aromatic N) is 2. The molecule has 4 heteroatoms. The van der Waals surface area contributed by atoms with Gasteiger partial charge in [-0.2, -0.15) is 5.26 Å². The Morgan fingerprint density at radius 3 is 3.00 bits per heavy atom. The zero-order valence-electron chi connectivity index (χ0n) is 10.2. The van der Waals surface area contributed by atoms with Crippen LogP contribution in [-0.4, -0.2) is 24.5 Å². The Labute approximate surface area is 107 Å². The van der Waals surface area contributed by atoms with E-state index in [0.717, 1.165) is 12.1 Å². The quantitative estimate of drug-likeness (QED) is 0.825. The van der Waals surface area contributed by atoms with Gasteiger partial charge < -0.3 is 5.73 Å². The maximum absolute atomic E-state index is 8.65. The highest BCUT2D eigenvalue weighted by atomic mass is 32.1. The zero-order chi connectivity index (χ0) is 12.7. The summed E-state index contributed by atoms with van der Waals surface area (Å²) in [4.78, 5) is 3.44. The summed E-state index contributed by atoms with van der Waals surface area (Å²) in [5.41, 5.74) is 6.35. The van der Waals surface area contributed by atoms with Crippen molar-refractivity contribution in [1.82, 2.24) is 4.90 Å². The molecular weight excluding hydrogens is 230 g/mol. The summed E-state index contributed by atoms with van der Waals surface area (Å²) in [6, 6.07) is 4.56. The van der Waals surface area contributed by atoms with Crippen molar-refractivity contribution in [1.29, 1.82) is 5.26 Å². The first kappa shape index (κ1) is 13.7. The van der Waals surface area contributed by atoms with Crippen LogP contribution >= 0.6 is 11.3 Å². The predicted molar refractivity (Wildman–Crippen MR) is 71.4 cm³/mol. The summed E-state index contributed by atoms with van der Waals surface area (Å²) in [6.45, 7) is 3.31. The lowest BCUT2D eigenvalue weighted by Gasteiger charge is -2.21. The molecule has 3 nitrogen and oxygen atoms in total. The molecule has 1 heterocycles. The molecule has 2 N–H and O–H groups in total. The molecule has 17 heavy (non-hydrogen) atoms. The van der Waals surface area contributed by atoms with Gasteiger partial charge in [0.1, 0.15) is 0 Å². The molecule has 1 atom stereocenters. The Balaban J connectivity index is 2.57. The smallest absolute Gasteiger partial charge is 0.0638 e. The third kappa shape index (κ3) is 4.58. The van der Waals surface area contributed by atoms with Crippen molar-refractivity contribution < 1.29 is 0 Å². The van der Waals surface area contributed by atoms with Crippen molar-refractivity contribution in [2.75, 3.05) is 13.6 Å². The summed E-state index contributed by atoms with van der Waals surface area (Å²) in [7, 11) is 2.03. The highest BCUT2D eigenvalue weighted by Gasteiger charge is 2.10. The van der Waals surface area contributed by atoms with Gasteiger partial charge in [0.15, 0.2) is 0 Å². The summed E-state index contributed by atoms with van der Waals surface area (Å²) in [5, 5.41) is 10.7. The van der Waals surface area contributed by atoms with Gasteiger partial charge in [0.25, 0.3) is 0 Å². The van der Waals surface area contributed by atoms with Crippen molar-refractivity contribution in [3.63, 3.8) is 0 Å². The monoisotopic (exact) mass is 247 g/mol. The maximum Gasteiger partial charge on any atom is 0.0638 e. The van der Waals surface area contributed by atoms with Crippen LogP contribution in [0.5, 0.6) is 0 Å². The predicted octanol–water partition coefficient (Wildman–Crippen LogP) is 1.79. The van der Waals surface area contributed by atoms with Crippen LogP contribution in [0.3, 0.4) is 0 Å². The molecule has 1 rings (SSSR count). The van der Waals surface area contributed by atoms with E-state index >= 15 is 0 Å².